The molecular weight excluding hydrogens is 437 g/mol. The molecule has 1 aliphatic carbocycles. The lowest BCUT2D eigenvalue weighted by Crippen LogP contribution is -2.49. The molecule has 7 nitrogen and oxygen atoms in total. The van der Waals surface area contributed by atoms with Crippen LogP contribution in [0.5, 0.6) is 0 Å². The summed E-state index contributed by atoms with van der Waals surface area (Å²) in [5.74, 6) is 1.53. The van der Waals surface area contributed by atoms with Gasteiger partial charge >= 0.3 is 0 Å². The highest BCUT2D eigenvalue weighted by molar-refractivity contribution is 6.30. The van der Waals surface area contributed by atoms with E-state index >= 15 is 0 Å². The van der Waals surface area contributed by atoms with Crippen molar-refractivity contribution in [1.82, 2.24) is 19.9 Å². The molecule has 0 spiro atoms. The second kappa shape index (κ2) is 10.6. The summed E-state index contributed by atoms with van der Waals surface area (Å²) in [4.78, 5) is 21.3. The standard InChI is InChI=1S/C19H24ClN5O2.2ClH/c20-15-4-1-13(2-5-15)18-22-17(27-23-18)12-24-7-9-25(10-8-24)19(26)14-3-6-16(21)11-14;;/h1-2,4-5,14,16H,3,6-12,21H2;2*1H. The lowest BCUT2D eigenvalue weighted by atomic mass is 10.1. The number of nitrogens with zero attached hydrogens (tertiary/aromatic N) is 4. The van der Waals surface area contributed by atoms with Crippen molar-refractivity contribution in [3.8, 4) is 11.4 Å². The van der Waals surface area contributed by atoms with Crippen LogP contribution in [0.1, 0.15) is 25.2 Å². The van der Waals surface area contributed by atoms with Crippen LogP contribution in [0.4, 0.5) is 0 Å². The van der Waals surface area contributed by atoms with E-state index in [4.69, 9.17) is 21.9 Å². The molecule has 2 aromatic rings. The fourth-order valence-corrected chi connectivity index (χ4v) is 3.98. The van der Waals surface area contributed by atoms with Crippen LogP contribution in [0, 0.1) is 5.92 Å². The molecular formula is C19H26Cl3N5O2. The summed E-state index contributed by atoms with van der Waals surface area (Å²) in [5.41, 5.74) is 6.82. The van der Waals surface area contributed by atoms with Crippen molar-refractivity contribution in [2.45, 2.75) is 31.8 Å². The number of amides is 1. The van der Waals surface area contributed by atoms with E-state index in [1.807, 2.05) is 17.0 Å². The van der Waals surface area contributed by atoms with Gasteiger partial charge in [0.05, 0.1) is 6.54 Å². The third-order valence-electron chi connectivity index (χ3n) is 5.44. The highest BCUT2D eigenvalue weighted by Crippen LogP contribution is 2.26. The fourth-order valence-electron chi connectivity index (χ4n) is 3.85. The van der Waals surface area contributed by atoms with Gasteiger partial charge in [0.25, 0.3) is 0 Å². The average molecular weight is 463 g/mol. The van der Waals surface area contributed by atoms with E-state index in [9.17, 15) is 4.79 Å². The smallest absolute Gasteiger partial charge is 0.241 e. The Morgan fingerprint density at radius 1 is 1.14 bits per heavy atom. The minimum atomic E-state index is 0. The van der Waals surface area contributed by atoms with Gasteiger partial charge in [0.2, 0.25) is 17.6 Å². The average Bonchev–Trinajstić information content (AvgIpc) is 3.32. The van der Waals surface area contributed by atoms with Crippen molar-refractivity contribution in [2.24, 2.45) is 11.7 Å². The highest BCUT2D eigenvalue weighted by atomic mass is 35.5. The molecule has 160 valence electrons. The van der Waals surface area contributed by atoms with Gasteiger partial charge in [0, 0.05) is 48.7 Å². The van der Waals surface area contributed by atoms with Crippen LogP contribution in [0.25, 0.3) is 11.4 Å². The molecule has 2 aliphatic rings. The van der Waals surface area contributed by atoms with Gasteiger partial charge in [-0.05, 0) is 43.5 Å². The predicted molar refractivity (Wildman–Crippen MR) is 116 cm³/mol. The molecule has 1 aromatic carbocycles. The number of nitrogens with two attached hydrogens (primary N) is 1. The van der Waals surface area contributed by atoms with Crippen LogP contribution in [-0.4, -0.2) is 58.1 Å². The molecule has 1 saturated heterocycles. The second-order valence-corrected chi connectivity index (χ2v) is 7.83. The SMILES string of the molecule is Cl.Cl.NC1CCC(C(=O)N2CCN(Cc3nc(-c4ccc(Cl)cc4)no3)CC2)C1. The number of piperazine rings is 1. The van der Waals surface area contributed by atoms with E-state index in [-0.39, 0.29) is 42.7 Å². The van der Waals surface area contributed by atoms with Crippen LogP contribution in [0.15, 0.2) is 28.8 Å². The van der Waals surface area contributed by atoms with Gasteiger partial charge in [-0.2, -0.15) is 4.98 Å². The summed E-state index contributed by atoms with van der Waals surface area (Å²) >= 11 is 5.91. The molecule has 1 saturated carbocycles. The third-order valence-corrected chi connectivity index (χ3v) is 5.69. The Labute approximate surface area is 187 Å². The maximum Gasteiger partial charge on any atom is 0.241 e. The number of hydrogen-bond donors (Lipinski definition) is 1. The number of rotatable bonds is 4. The molecule has 10 heteroatoms. The van der Waals surface area contributed by atoms with Crippen LogP contribution in [-0.2, 0) is 11.3 Å². The van der Waals surface area contributed by atoms with Gasteiger partial charge in [0.1, 0.15) is 0 Å². The Kier molecular flexibility index (Phi) is 8.73. The maximum atomic E-state index is 12.6. The number of halogens is 3. The zero-order chi connectivity index (χ0) is 18.8. The molecule has 1 aromatic heterocycles. The summed E-state index contributed by atoms with van der Waals surface area (Å²) in [6.45, 7) is 3.69. The number of hydrogen-bond acceptors (Lipinski definition) is 6. The van der Waals surface area contributed by atoms with Crippen molar-refractivity contribution >= 4 is 42.3 Å². The van der Waals surface area contributed by atoms with Crippen LogP contribution >= 0.6 is 36.4 Å². The quantitative estimate of drug-likeness (QED) is 0.751. The van der Waals surface area contributed by atoms with Gasteiger partial charge in [-0.3, -0.25) is 9.69 Å². The highest BCUT2D eigenvalue weighted by Gasteiger charge is 2.32. The molecule has 2 unspecified atom stereocenters. The molecule has 2 N–H and O–H groups in total. The zero-order valence-electron chi connectivity index (χ0n) is 16.0. The van der Waals surface area contributed by atoms with Crippen LogP contribution in [0.3, 0.4) is 0 Å². The third kappa shape index (κ3) is 5.83. The van der Waals surface area contributed by atoms with Gasteiger partial charge in [-0.25, -0.2) is 0 Å². The molecule has 4 rings (SSSR count). The van der Waals surface area contributed by atoms with Crippen molar-refractivity contribution in [3.05, 3.63) is 35.2 Å². The van der Waals surface area contributed by atoms with E-state index < -0.39 is 0 Å². The first-order chi connectivity index (χ1) is 13.1. The predicted octanol–water partition coefficient (Wildman–Crippen LogP) is 3.01. The molecule has 2 heterocycles. The van der Waals surface area contributed by atoms with Gasteiger partial charge in [-0.15, -0.1) is 24.8 Å². The van der Waals surface area contributed by atoms with Crippen molar-refractivity contribution < 1.29 is 9.32 Å². The number of aromatic nitrogens is 2. The number of carbonyl (C=O) groups is 1. The lowest BCUT2D eigenvalue weighted by molar-refractivity contribution is -0.137. The minimum absolute atomic E-state index is 0. The fraction of sp³-hybridized carbons (Fsp3) is 0.526. The Morgan fingerprint density at radius 2 is 1.83 bits per heavy atom. The zero-order valence-corrected chi connectivity index (χ0v) is 18.4. The van der Waals surface area contributed by atoms with Gasteiger partial charge in [0.15, 0.2) is 0 Å². The molecule has 0 radical (unpaired) electrons. The van der Waals surface area contributed by atoms with Crippen LogP contribution in [0.2, 0.25) is 5.02 Å². The van der Waals surface area contributed by atoms with Gasteiger partial charge < -0.3 is 15.2 Å². The monoisotopic (exact) mass is 461 g/mol. The molecule has 0 bridgehead atoms. The summed E-state index contributed by atoms with van der Waals surface area (Å²) in [5, 5.41) is 4.73. The van der Waals surface area contributed by atoms with Crippen molar-refractivity contribution in [3.63, 3.8) is 0 Å². The molecule has 29 heavy (non-hydrogen) atoms. The van der Waals surface area contributed by atoms with E-state index in [2.05, 4.69) is 15.0 Å². The van der Waals surface area contributed by atoms with E-state index in [1.54, 1.807) is 12.1 Å². The van der Waals surface area contributed by atoms with Crippen LogP contribution < -0.4 is 5.73 Å². The lowest BCUT2D eigenvalue weighted by Gasteiger charge is -2.35. The first-order valence-corrected chi connectivity index (χ1v) is 9.81. The van der Waals surface area contributed by atoms with E-state index in [1.165, 1.54) is 0 Å². The van der Waals surface area contributed by atoms with E-state index in [0.29, 0.717) is 23.3 Å². The molecule has 2 atom stereocenters. The Hall–Kier alpha value is -1.38. The summed E-state index contributed by atoms with van der Waals surface area (Å²) in [6.07, 6.45) is 2.72. The normalized spacial score (nSPS) is 22.1. The first-order valence-electron chi connectivity index (χ1n) is 9.44. The summed E-state index contributed by atoms with van der Waals surface area (Å²) in [6, 6.07) is 7.54. The maximum absolute atomic E-state index is 12.6. The van der Waals surface area contributed by atoms with E-state index in [0.717, 1.165) is 51.0 Å². The Balaban J connectivity index is 0.00000150. The van der Waals surface area contributed by atoms with Gasteiger partial charge in [-0.1, -0.05) is 16.8 Å². The minimum Gasteiger partial charge on any atom is -0.340 e. The van der Waals surface area contributed by atoms with Crippen molar-refractivity contribution in [2.75, 3.05) is 26.2 Å². The number of benzene rings is 1. The first kappa shape index (κ1) is 23.9. The van der Waals surface area contributed by atoms with Crippen molar-refractivity contribution in [1.29, 1.82) is 0 Å². The molecule has 2 fully saturated rings. The summed E-state index contributed by atoms with van der Waals surface area (Å²) in [7, 11) is 0. The summed E-state index contributed by atoms with van der Waals surface area (Å²) < 4.78 is 5.39. The Morgan fingerprint density at radius 3 is 2.45 bits per heavy atom. The molecule has 1 aliphatic heterocycles. The molecule has 1 amide bonds. The second-order valence-electron chi connectivity index (χ2n) is 7.39. The number of carbonyl (C=O) groups excluding carboxylic acids is 1. The Bertz CT molecular complexity index is 793. The topological polar surface area (TPSA) is 88.5 Å². The largest absolute Gasteiger partial charge is 0.340 e.